The van der Waals surface area contributed by atoms with Gasteiger partial charge >= 0.3 is 0 Å². The predicted molar refractivity (Wildman–Crippen MR) is 69.1 cm³/mol. The summed E-state index contributed by atoms with van der Waals surface area (Å²) >= 11 is 0. The number of non-ortho nitro benzene ring substituents is 1. The van der Waals surface area contributed by atoms with E-state index in [9.17, 15) is 14.5 Å². The summed E-state index contributed by atoms with van der Waals surface area (Å²) in [5, 5.41) is 13.8. The van der Waals surface area contributed by atoms with Crippen molar-refractivity contribution in [3.05, 3.63) is 39.7 Å². The van der Waals surface area contributed by atoms with E-state index in [2.05, 4.69) is 19.2 Å². The lowest BCUT2D eigenvalue weighted by molar-refractivity contribution is -0.385. The van der Waals surface area contributed by atoms with Gasteiger partial charge in [0.25, 0.3) is 5.69 Å². The van der Waals surface area contributed by atoms with Crippen molar-refractivity contribution in [3.8, 4) is 0 Å². The summed E-state index contributed by atoms with van der Waals surface area (Å²) < 4.78 is 13.2. The number of nitro benzene ring substituents is 1. The second-order valence-corrected chi connectivity index (χ2v) is 4.75. The molecule has 1 unspecified atom stereocenters. The lowest BCUT2D eigenvalue weighted by Crippen LogP contribution is -2.31. The molecule has 0 spiro atoms. The molecule has 0 aliphatic carbocycles. The molecule has 0 saturated heterocycles. The lowest BCUT2D eigenvalue weighted by atomic mass is 9.96. The molecule has 0 fully saturated rings. The van der Waals surface area contributed by atoms with E-state index in [1.54, 1.807) is 0 Å². The highest BCUT2D eigenvalue weighted by atomic mass is 19.1. The van der Waals surface area contributed by atoms with Crippen LogP contribution < -0.4 is 5.32 Å². The molecule has 100 valence electrons. The lowest BCUT2D eigenvalue weighted by Gasteiger charge is -2.19. The molecule has 0 amide bonds. The van der Waals surface area contributed by atoms with Gasteiger partial charge < -0.3 is 5.32 Å². The molecule has 18 heavy (non-hydrogen) atoms. The summed E-state index contributed by atoms with van der Waals surface area (Å²) in [6.45, 7) is 4.21. The van der Waals surface area contributed by atoms with Crippen LogP contribution >= 0.6 is 0 Å². The van der Waals surface area contributed by atoms with Crippen LogP contribution in [0.1, 0.15) is 25.8 Å². The van der Waals surface area contributed by atoms with Gasteiger partial charge in [-0.15, -0.1) is 0 Å². The van der Waals surface area contributed by atoms with Crippen LogP contribution in [-0.4, -0.2) is 18.0 Å². The van der Waals surface area contributed by atoms with E-state index in [1.165, 1.54) is 12.1 Å². The molecule has 0 radical (unpaired) electrons. The molecular weight excluding hydrogens is 235 g/mol. The SMILES string of the molecule is CNC(CCc1cc(F)cc([N+](=O)[O-])c1)C(C)C. The Morgan fingerprint density at radius 2 is 2.06 bits per heavy atom. The molecule has 0 aliphatic rings. The maximum atomic E-state index is 13.2. The third-order valence-corrected chi connectivity index (χ3v) is 3.07. The van der Waals surface area contributed by atoms with Crippen molar-refractivity contribution in [3.63, 3.8) is 0 Å². The fourth-order valence-corrected chi connectivity index (χ4v) is 2.02. The van der Waals surface area contributed by atoms with Crippen LogP contribution in [0.2, 0.25) is 0 Å². The van der Waals surface area contributed by atoms with Crippen LogP contribution in [0.15, 0.2) is 18.2 Å². The first-order valence-corrected chi connectivity index (χ1v) is 6.05. The Morgan fingerprint density at radius 3 is 2.56 bits per heavy atom. The fourth-order valence-electron chi connectivity index (χ4n) is 2.02. The van der Waals surface area contributed by atoms with E-state index in [4.69, 9.17) is 0 Å². The maximum Gasteiger partial charge on any atom is 0.272 e. The summed E-state index contributed by atoms with van der Waals surface area (Å²) in [7, 11) is 1.89. The van der Waals surface area contributed by atoms with Crippen LogP contribution in [0.4, 0.5) is 10.1 Å². The number of nitrogens with one attached hydrogen (secondary N) is 1. The fraction of sp³-hybridized carbons (Fsp3) is 0.538. The van der Waals surface area contributed by atoms with Gasteiger partial charge in [-0.3, -0.25) is 10.1 Å². The molecule has 1 atom stereocenters. The molecule has 5 heteroatoms. The van der Waals surface area contributed by atoms with E-state index in [0.29, 0.717) is 23.9 Å². The minimum atomic E-state index is -0.565. The van der Waals surface area contributed by atoms with E-state index in [0.717, 1.165) is 12.5 Å². The molecule has 1 N–H and O–H groups in total. The minimum Gasteiger partial charge on any atom is -0.317 e. The van der Waals surface area contributed by atoms with Crippen LogP contribution in [0.3, 0.4) is 0 Å². The smallest absolute Gasteiger partial charge is 0.272 e. The second kappa shape index (κ2) is 6.44. The molecule has 0 aromatic heterocycles. The van der Waals surface area contributed by atoms with Crippen molar-refractivity contribution in [2.24, 2.45) is 5.92 Å². The quantitative estimate of drug-likeness (QED) is 0.627. The molecule has 1 rings (SSSR count). The van der Waals surface area contributed by atoms with Crippen LogP contribution in [0, 0.1) is 21.8 Å². The molecule has 4 nitrogen and oxygen atoms in total. The monoisotopic (exact) mass is 254 g/mol. The van der Waals surface area contributed by atoms with E-state index >= 15 is 0 Å². The maximum absolute atomic E-state index is 13.2. The van der Waals surface area contributed by atoms with Gasteiger partial charge in [-0.05, 0) is 37.4 Å². The van der Waals surface area contributed by atoms with Gasteiger partial charge in [0.1, 0.15) is 5.82 Å². The molecule has 1 aromatic rings. The first kappa shape index (κ1) is 14.6. The van der Waals surface area contributed by atoms with Crippen molar-refractivity contribution in [1.29, 1.82) is 0 Å². The van der Waals surface area contributed by atoms with E-state index in [1.807, 2.05) is 7.05 Å². The summed E-state index contributed by atoms with van der Waals surface area (Å²) in [5.41, 5.74) is 0.484. The van der Waals surface area contributed by atoms with Gasteiger partial charge in [-0.2, -0.15) is 0 Å². The van der Waals surface area contributed by atoms with Crippen molar-refractivity contribution in [2.75, 3.05) is 7.05 Å². The highest BCUT2D eigenvalue weighted by molar-refractivity contribution is 5.35. The summed E-state index contributed by atoms with van der Waals surface area (Å²) in [6, 6.07) is 4.07. The topological polar surface area (TPSA) is 55.2 Å². The van der Waals surface area contributed by atoms with Crippen molar-refractivity contribution in [2.45, 2.75) is 32.7 Å². The Balaban J connectivity index is 2.75. The minimum absolute atomic E-state index is 0.185. The number of hydrogen-bond acceptors (Lipinski definition) is 3. The average Bonchev–Trinajstić information content (AvgIpc) is 2.28. The van der Waals surface area contributed by atoms with Gasteiger partial charge in [0, 0.05) is 12.1 Å². The Hall–Kier alpha value is -1.49. The van der Waals surface area contributed by atoms with Gasteiger partial charge in [-0.25, -0.2) is 4.39 Å². The van der Waals surface area contributed by atoms with Crippen molar-refractivity contribution < 1.29 is 9.31 Å². The third kappa shape index (κ3) is 4.07. The number of hydrogen-bond donors (Lipinski definition) is 1. The summed E-state index contributed by atoms with van der Waals surface area (Å²) in [4.78, 5) is 10.1. The first-order chi connectivity index (χ1) is 8.43. The highest BCUT2D eigenvalue weighted by Gasteiger charge is 2.13. The Morgan fingerprint density at radius 1 is 1.39 bits per heavy atom. The predicted octanol–water partition coefficient (Wildman–Crippen LogP) is 2.91. The Bertz CT molecular complexity index is 421. The number of rotatable bonds is 6. The highest BCUT2D eigenvalue weighted by Crippen LogP contribution is 2.18. The number of aryl methyl sites for hydroxylation is 1. The first-order valence-electron chi connectivity index (χ1n) is 6.05. The number of nitro groups is 1. The van der Waals surface area contributed by atoms with Gasteiger partial charge in [0.05, 0.1) is 11.0 Å². The normalized spacial score (nSPS) is 12.7. The zero-order chi connectivity index (χ0) is 13.7. The van der Waals surface area contributed by atoms with E-state index < -0.39 is 10.7 Å². The van der Waals surface area contributed by atoms with Crippen molar-refractivity contribution >= 4 is 5.69 Å². The van der Waals surface area contributed by atoms with Crippen LogP contribution in [-0.2, 0) is 6.42 Å². The van der Waals surface area contributed by atoms with E-state index in [-0.39, 0.29) is 5.69 Å². The standard InChI is InChI=1S/C13H19FN2O2/c1-9(2)13(15-3)5-4-10-6-11(14)8-12(7-10)16(17)18/h6-9,13,15H,4-5H2,1-3H3. The van der Waals surface area contributed by atoms with Crippen LogP contribution in [0.5, 0.6) is 0 Å². The summed E-state index contributed by atoms with van der Waals surface area (Å²) in [5.74, 6) is -0.0803. The van der Waals surface area contributed by atoms with Crippen LogP contribution in [0.25, 0.3) is 0 Å². The number of benzene rings is 1. The van der Waals surface area contributed by atoms with Gasteiger partial charge in [-0.1, -0.05) is 13.8 Å². The molecular formula is C13H19FN2O2. The average molecular weight is 254 g/mol. The Kier molecular flexibility index (Phi) is 5.22. The van der Waals surface area contributed by atoms with Crippen molar-refractivity contribution in [1.82, 2.24) is 5.32 Å². The second-order valence-electron chi connectivity index (χ2n) is 4.75. The largest absolute Gasteiger partial charge is 0.317 e. The third-order valence-electron chi connectivity index (χ3n) is 3.07. The molecule has 1 aromatic carbocycles. The molecule has 0 heterocycles. The zero-order valence-electron chi connectivity index (χ0n) is 10.9. The number of halogens is 1. The van der Waals surface area contributed by atoms with Gasteiger partial charge in [0.2, 0.25) is 0 Å². The number of nitrogens with zero attached hydrogens (tertiary/aromatic N) is 1. The van der Waals surface area contributed by atoms with Gasteiger partial charge in [0.15, 0.2) is 0 Å². The molecule has 0 aliphatic heterocycles. The molecule has 0 saturated carbocycles. The Labute approximate surface area is 106 Å². The molecule has 0 bridgehead atoms. The zero-order valence-corrected chi connectivity index (χ0v) is 10.9. The summed E-state index contributed by atoms with van der Waals surface area (Å²) in [6.07, 6.45) is 1.46.